The van der Waals surface area contributed by atoms with E-state index in [0.29, 0.717) is 30.6 Å². The molecule has 0 saturated carbocycles. The predicted molar refractivity (Wildman–Crippen MR) is 112 cm³/mol. The van der Waals surface area contributed by atoms with Crippen LogP contribution in [-0.4, -0.2) is 23.8 Å². The second-order valence-corrected chi connectivity index (χ2v) is 7.10. The van der Waals surface area contributed by atoms with Crippen molar-refractivity contribution >= 4 is 23.3 Å². The Morgan fingerprint density at radius 2 is 1.65 bits per heavy atom. The van der Waals surface area contributed by atoms with Gasteiger partial charge in [0.05, 0.1) is 0 Å². The van der Waals surface area contributed by atoms with Crippen molar-refractivity contribution in [1.82, 2.24) is 5.32 Å². The molecule has 5 nitrogen and oxygen atoms in total. The first-order valence-electron chi connectivity index (χ1n) is 10.1. The summed E-state index contributed by atoms with van der Waals surface area (Å²) < 4.78 is 36.9. The molecule has 1 aliphatic rings. The Bertz CT molecular complexity index is 859. The van der Waals surface area contributed by atoms with Gasteiger partial charge in [-0.3, -0.25) is 14.4 Å². The largest absolute Gasteiger partial charge is 0.449 e. The lowest BCUT2D eigenvalue weighted by Gasteiger charge is -2.17. The van der Waals surface area contributed by atoms with E-state index in [1.54, 1.807) is 42.5 Å². The minimum atomic E-state index is -4.83. The zero-order valence-electron chi connectivity index (χ0n) is 17.0. The van der Waals surface area contributed by atoms with Crippen molar-refractivity contribution in [2.75, 3.05) is 5.32 Å². The number of nitrogens with one attached hydrogen (secondary N) is 2. The van der Waals surface area contributed by atoms with Crippen LogP contribution in [0.25, 0.3) is 0 Å². The average molecular weight is 434 g/mol. The van der Waals surface area contributed by atoms with Crippen molar-refractivity contribution in [3.8, 4) is 0 Å². The molecule has 0 fully saturated rings. The molecule has 2 N–H and O–H groups in total. The fourth-order valence-electron chi connectivity index (χ4n) is 2.99. The summed E-state index contributed by atoms with van der Waals surface area (Å²) in [6, 6.07) is 8.67. The van der Waals surface area contributed by atoms with Crippen LogP contribution in [0.2, 0.25) is 0 Å². The molecule has 0 aliphatic heterocycles. The average Bonchev–Trinajstić information content (AvgIpc) is 2.99. The summed E-state index contributed by atoms with van der Waals surface area (Å²) >= 11 is 0. The smallest absolute Gasteiger partial charge is 0.326 e. The molecule has 0 heterocycles. The van der Waals surface area contributed by atoms with E-state index in [-0.39, 0.29) is 12.8 Å². The molecule has 31 heavy (non-hydrogen) atoms. The van der Waals surface area contributed by atoms with E-state index in [1.165, 1.54) is 0 Å². The lowest BCUT2D eigenvalue weighted by Crippen LogP contribution is -2.37. The monoisotopic (exact) mass is 434 g/mol. The summed E-state index contributed by atoms with van der Waals surface area (Å²) in [5.74, 6) is -3.77. The van der Waals surface area contributed by atoms with Crippen molar-refractivity contribution in [2.45, 2.75) is 44.7 Å². The number of Topliss-reactive ketones (excluding diaryl/α,β-unsaturated/α-hetero) is 1. The number of ketones is 1. The van der Waals surface area contributed by atoms with Crippen LogP contribution in [0.3, 0.4) is 0 Å². The van der Waals surface area contributed by atoms with E-state index in [4.69, 9.17) is 0 Å². The molecule has 0 aromatic heterocycles. The number of benzene rings is 1. The highest BCUT2D eigenvalue weighted by Crippen LogP contribution is 2.21. The Balaban J connectivity index is 1.96. The summed E-state index contributed by atoms with van der Waals surface area (Å²) in [4.78, 5) is 36.5. The fourth-order valence-corrected chi connectivity index (χ4v) is 2.99. The molecule has 1 aromatic carbocycles. The normalized spacial score (nSPS) is 14.4. The molecular weight excluding hydrogens is 409 g/mol. The minimum Gasteiger partial charge on any atom is -0.326 e. The van der Waals surface area contributed by atoms with Gasteiger partial charge in [-0.1, -0.05) is 55.3 Å². The molecular formula is C23H25F3N2O3. The Hall–Kier alpha value is -3.16. The first kappa shape index (κ1) is 24.1. The first-order valence-corrected chi connectivity index (χ1v) is 10.1. The molecule has 1 aromatic rings. The maximum Gasteiger partial charge on any atom is 0.449 e. The summed E-state index contributed by atoms with van der Waals surface area (Å²) in [6.45, 7) is 0. The Kier molecular flexibility index (Phi) is 9.24. The lowest BCUT2D eigenvalue weighted by molar-refractivity contribution is -0.171. The quantitative estimate of drug-likeness (QED) is 0.409. The van der Waals surface area contributed by atoms with Gasteiger partial charge in [0.2, 0.25) is 17.6 Å². The van der Waals surface area contributed by atoms with Gasteiger partial charge in [-0.2, -0.15) is 13.2 Å². The van der Waals surface area contributed by atoms with Crippen LogP contribution in [0.15, 0.2) is 66.4 Å². The van der Waals surface area contributed by atoms with Gasteiger partial charge in [-0.25, -0.2) is 0 Å². The second-order valence-electron chi connectivity index (χ2n) is 7.10. The van der Waals surface area contributed by atoms with Gasteiger partial charge in [0.1, 0.15) is 5.92 Å². The number of allylic oxidation sites excluding steroid dienone is 5. The van der Waals surface area contributed by atoms with E-state index in [2.05, 4.69) is 10.6 Å². The van der Waals surface area contributed by atoms with Crippen LogP contribution in [0.5, 0.6) is 0 Å². The Morgan fingerprint density at radius 3 is 2.35 bits per heavy atom. The molecule has 1 atom stereocenters. The van der Waals surface area contributed by atoms with Gasteiger partial charge in [0.15, 0.2) is 0 Å². The van der Waals surface area contributed by atoms with E-state index in [0.717, 1.165) is 0 Å². The molecule has 1 aliphatic carbocycles. The molecule has 0 bridgehead atoms. The van der Waals surface area contributed by atoms with E-state index in [9.17, 15) is 27.6 Å². The molecule has 1 unspecified atom stereocenters. The molecule has 2 rings (SSSR count). The fraction of sp³-hybridized carbons (Fsp3) is 0.348. The number of rotatable bonds is 10. The van der Waals surface area contributed by atoms with E-state index in [1.807, 2.05) is 18.2 Å². The number of anilines is 1. The third kappa shape index (κ3) is 8.62. The van der Waals surface area contributed by atoms with Crippen molar-refractivity contribution < 1.29 is 27.6 Å². The van der Waals surface area contributed by atoms with Gasteiger partial charge in [0, 0.05) is 17.8 Å². The van der Waals surface area contributed by atoms with Gasteiger partial charge in [-0.15, -0.1) is 0 Å². The zero-order valence-corrected chi connectivity index (χ0v) is 17.0. The number of halogens is 3. The molecule has 0 spiro atoms. The summed E-state index contributed by atoms with van der Waals surface area (Å²) in [5, 5.41) is 5.44. The van der Waals surface area contributed by atoms with Crippen LogP contribution in [0, 0.1) is 5.92 Å². The number of hydrogen-bond donors (Lipinski definition) is 2. The molecule has 0 saturated heterocycles. The van der Waals surface area contributed by atoms with Crippen molar-refractivity contribution in [2.24, 2.45) is 5.92 Å². The maximum absolute atomic E-state index is 12.8. The SMILES string of the molecule is O=C(NC1=CCC=CC=C1)C(CCCCCC(=O)C(F)(F)F)C(=O)Nc1ccccc1. The number of carbonyl (C=O) groups excluding carboxylic acids is 3. The van der Waals surface area contributed by atoms with Crippen LogP contribution in [0.1, 0.15) is 38.5 Å². The van der Waals surface area contributed by atoms with E-state index < -0.39 is 36.1 Å². The topological polar surface area (TPSA) is 75.3 Å². The van der Waals surface area contributed by atoms with Crippen LogP contribution in [-0.2, 0) is 14.4 Å². The van der Waals surface area contributed by atoms with Gasteiger partial charge < -0.3 is 10.6 Å². The molecule has 166 valence electrons. The summed E-state index contributed by atoms with van der Waals surface area (Å²) in [7, 11) is 0. The molecule has 8 heteroatoms. The van der Waals surface area contributed by atoms with Crippen molar-refractivity contribution in [3.63, 3.8) is 0 Å². The lowest BCUT2D eigenvalue weighted by atomic mass is 9.98. The van der Waals surface area contributed by atoms with Crippen LogP contribution < -0.4 is 10.6 Å². The third-order valence-electron chi connectivity index (χ3n) is 4.65. The van der Waals surface area contributed by atoms with Gasteiger partial charge in [0.25, 0.3) is 0 Å². The summed E-state index contributed by atoms with van der Waals surface area (Å²) in [5.41, 5.74) is 1.11. The van der Waals surface area contributed by atoms with Crippen LogP contribution >= 0.6 is 0 Å². The second kappa shape index (κ2) is 11.9. The highest BCUT2D eigenvalue weighted by atomic mass is 19.4. The number of carbonyl (C=O) groups is 3. The first-order chi connectivity index (χ1) is 14.8. The number of alkyl halides is 3. The number of hydrogen-bond acceptors (Lipinski definition) is 3. The van der Waals surface area contributed by atoms with Gasteiger partial charge in [-0.05, 0) is 37.5 Å². The Labute approximate surface area is 179 Å². The zero-order chi connectivity index (χ0) is 22.7. The standard InChI is InChI=1S/C23H25F3N2O3/c24-23(25,26)20(29)16-10-4-9-15-19(22(31)28-18-13-7-3-8-14-18)21(30)27-17-11-5-1-2-6-12-17/h1-3,5,7-8,11-14,19H,4,6,9-10,15-16H2,(H,27,30)(H,28,31). The summed E-state index contributed by atoms with van der Waals surface area (Å²) in [6.07, 6.45) is 5.11. The Morgan fingerprint density at radius 1 is 0.935 bits per heavy atom. The number of para-hydroxylation sites is 1. The van der Waals surface area contributed by atoms with Gasteiger partial charge >= 0.3 is 6.18 Å². The number of amides is 2. The minimum absolute atomic E-state index is 0.0482. The van der Waals surface area contributed by atoms with E-state index >= 15 is 0 Å². The predicted octanol–water partition coefficient (Wildman–Crippen LogP) is 4.84. The van der Waals surface area contributed by atoms with Crippen molar-refractivity contribution in [1.29, 1.82) is 0 Å². The highest BCUT2D eigenvalue weighted by molar-refractivity contribution is 6.06. The number of unbranched alkanes of at least 4 members (excludes halogenated alkanes) is 2. The molecule has 2 amide bonds. The van der Waals surface area contributed by atoms with Crippen LogP contribution in [0.4, 0.5) is 18.9 Å². The highest BCUT2D eigenvalue weighted by Gasteiger charge is 2.37. The third-order valence-corrected chi connectivity index (χ3v) is 4.65. The van der Waals surface area contributed by atoms with Crippen molar-refractivity contribution in [3.05, 3.63) is 66.4 Å². The molecule has 0 radical (unpaired) electrons. The maximum atomic E-state index is 12.8.